The summed E-state index contributed by atoms with van der Waals surface area (Å²) in [7, 11) is 0. The molecular weight excluding hydrogens is 378 g/mol. The Hall–Kier alpha value is -2.23. The van der Waals surface area contributed by atoms with Gasteiger partial charge in [0.05, 0.1) is 20.7 Å². The summed E-state index contributed by atoms with van der Waals surface area (Å²) in [5.41, 5.74) is 0.885. The summed E-state index contributed by atoms with van der Waals surface area (Å²) in [4.78, 5) is 28.8. The van der Waals surface area contributed by atoms with Gasteiger partial charge in [-0.05, 0) is 30.5 Å². The van der Waals surface area contributed by atoms with Gasteiger partial charge in [0.1, 0.15) is 0 Å². The Labute approximate surface area is 156 Å². The van der Waals surface area contributed by atoms with Gasteiger partial charge in [-0.2, -0.15) is 0 Å². The van der Waals surface area contributed by atoms with E-state index in [0.717, 1.165) is 15.5 Å². The molecule has 9 heteroatoms. The van der Waals surface area contributed by atoms with Crippen molar-refractivity contribution in [2.75, 3.05) is 5.32 Å². The van der Waals surface area contributed by atoms with Crippen LogP contribution in [0.3, 0.4) is 0 Å². The minimum atomic E-state index is -0.446. The van der Waals surface area contributed by atoms with Gasteiger partial charge in [-0.3, -0.25) is 14.9 Å². The third-order valence-corrected chi connectivity index (χ3v) is 6.00. The predicted molar refractivity (Wildman–Crippen MR) is 102 cm³/mol. The van der Waals surface area contributed by atoms with E-state index in [2.05, 4.69) is 10.3 Å². The van der Waals surface area contributed by atoms with Crippen LogP contribution in [-0.4, -0.2) is 21.1 Å². The number of carbonyl (C=O) groups is 1. The van der Waals surface area contributed by atoms with Crippen LogP contribution in [0.25, 0.3) is 10.6 Å². The van der Waals surface area contributed by atoms with Crippen LogP contribution in [0.4, 0.5) is 10.8 Å². The van der Waals surface area contributed by atoms with Gasteiger partial charge in [0, 0.05) is 22.4 Å². The van der Waals surface area contributed by atoms with Crippen molar-refractivity contribution in [3.8, 4) is 10.6 Å². The highest BCUT2D eigenvalue weighted by molar-refractivity contribution is 8.00. The molecule has 6 nitrogen and oxygen atoms in total. The maximum Gasteiger partial charge on any atom is 0.269 e. The van der Waals surface area contributed by atoms with Crippen LogP contribution in [-0.2, 0) is 4.79 Å². The van der Waals surface area contributed by atoms with Crippen molar-refractivity contribution in [2.24, 2.45) is 0 Å². The fraction of sp³-hybridized carbons (Fsp3) is 0.125. The number of carbonyl (C=O) groups excluding carboxylic acids is 1. The summed E-state index contributed by atoms with van der Waals surface area (Å²) in [6.45, 7) is 1.79. The van der Waals surface area contributed by atoms with Crippen molar-refractivity contribution in [2.45, 2.75) is 17.1 Å². The van der Waals surface area contributed by atoms with Crippen LogP contribution >= 0.6 is 34.4 Å². The van der Waals surface area contributed by atoms with Crippen molar-refractivity contribution in [3.05, 3.63) is 57.3 Å². The highest BCUT2D eigenvalue weighted by atomic mass is 32.2. The van der Waals surface area contributed by atoms with Gasteiger partial charge >= 0.3 is 0 Å². The molecule has 0 aliphatic heterocycles. The number of nitrogens with one attached hydrogen (secondary N) is 1. The number of non-ortho nitro benzene ring substituents is 1. The first-order chi connectivity index (χ1) is 12.0. The second-order valence-electron chi connectivity index (χ2n) is 5.02. The first-order valence-electron chi connectivity index (χ1n) is 7.24. The number of benzene rings is 1. The van der Waals surface area contributed by atoms with E-state index in [9.17, 15) is 14.9 Å². The summed E-state index contributed by atoms with van der Waals surface area (Å²) < 4.78 is 0. The molecule has 2 aromatic heterocycles. The molecule has 128 valence electrons. The molecule has 0 bridgehead atoms. The van der Waals surface area contributed by atoms with E-state index < -0.39 is 4.92 Å². The molecule has 0 fully saturated rings. The number of aromatic nitrogens is 1. The summed E-state index contributed by atoms with van der Waals surface area (Å²) in [5.74, 6) is -0.157. The molecule has 0 radical (unpaired) electrons. The Morgan fingerprint density at radius 1 is 1.28 bits per heavy atom. The van der Waals surface area contributed by atoms with E-state index >= 15 is 0 Å². The molecule has 1 atom stereocenters. The molecule has 0 aliphatic carbocycles. The van der Waals surface area contributed by atoms with Crippen LogP contribution in [0.2, 0.25) is 0 Å². The molecule has 1 aromatic carbocycles. The third kappa shape index (κ3) is 4.44. The summed E-state index contributed by atoms with van der Waals surface area (Å²) in [6.07, 6.45) is 0. The predicted octanol–water partition coefficient (Wildman–Crippen LogP) is 4.90. The number of nitro benzene ring substituents is 1. The number of thiophene rings is 1. The van der Waals surface area contributed by atoms with E-state index in [4.69, 9.17) is 0 Å². The lowest BCUT2D eigenvalue weighted by Crippen LogP contribution is -2.22. The van der Waals surface area contributed by atoms with Gasteiger partial charge < -0.3 is 5.32 Å². The average molecular weight is 391 g/mol. The SMILES string of the molecule is CC(Sc1ccc([N+](=O)[O-])cc1)C(=O)Nc1nc(-c2cccs2)cs1. The number of amides is 1. The quantitative estimate of drug-likeness (QED) is 0.367. The van der Waals surface area contributed by atoms with E-state index in [0.29, 0.717) is 5.13 Å². The number of nitrogens with zero attached hydrogens (tertiary/aromatic N) is 2. The van der Waals surface area contributed by atoms with Crippen molar-refractivity contribution in [3.63, 3.8) is 0 Å². The van der Waals surface area contributed by atoms with E-state index in [-0.39, 0.29) is 16.8 Å². The summed E-state index contributed by atoms with van der Waals surface area (Å²) in [6, 6.07) is 10.1. The smallest absolute Gasteiger partial charge is 0.269 e. The first-order valence-corrected chi connectivity index (χ1v) is 9.88. The fourth-order valence-electron chi connectivity index (χ4n) is 1.98. The van der Waals surface area contributed by atoms with Gasteiger partial charge in [0.2, 0.25) is 5.91 Å². The van der Waals surface area contributed by atoms with Crippen LogP contribution in [0.5, 0.6) is 0 Å². The van der Waals surface area contributed by atoms with Crippen molar-refractivity contribution < 1.29 is 9.72 Å². The number of rotatable bonds is 6. The van der Waals surface area contributed by atoms with Gasteiger partial charge in [0.25, 0.3) is 5.69 Å². The summed E-state index contributed by atoms with van der Waals surface area (Å²) in [5, 5.41) is 17.6. The van der Waals surface area contributed by atoms with Gasteiger partial charge in [0.15, 0.2) is 5.13 Å². The van der Waals surface area contributed by atoms with Crippen LogP contribution in [0.1, 0.15) is 6.92 Å². The van der Waals surface area contributed by atoms with E-state index in [1.165, 1.54) is 35.2 Å². The average Bonchev–Trinajstić information content (AvgIpc) is 3.26. The Bertz CT molecular complexity index is 876. The molecule has 0 saturated heterocycles. The lowest BCUT2D eigenvalue weighted by atomic mass is 10.3. The summed E-state index contributed by atoms with van der Waals surface area (Å²) >= 11 is 4.32. The zero-order valence-corrected chi connectivity index (χ0v) is 15.5. The molecule has 1 unspecified atom stereocenters. The number of thioether (sulfide) groups is 1. The zero-order valence-electron chi connectivity index (χ0n) is 13.0. The molecule has 3 rings (SSSR count). The number of anilines is 1. The Morgan fingerprint density at radius 3 is 2.68 bits per heavy atom. The van der Waals surface area contributed by atoms with Crippen molar-refractivity contribution in [1.29, 1.82) is 0 Å². The Morgan fingerprint density at radius 2 is 2.04 bits per heavy atom. The molecule has 3 aromatic rings. The second-order valence-corrected chi connectivity index (χ2v) is 8.24. The molecule has 0 saturated carbocycles. The van der Waals surface area contributed by atoms with Gasteiger partial charge in [-0.15, -0.1) is 34.4 Å². The van der Waals surface area contributed by atoms with Crippen molar-refractivity contribution in [1.82, 2.24) is 4.98 Å². The molecule has 1 N–H and O–H groups in total. The number of hydrogen-bond donors (Lipinski definition) is 1. The normalized spacial score (nSPS) is 11.9. The van der Waals surface area contributed by atoms with Gasteiger partial charge in [-0.25, -0.2) is 4.98 Å². The maximum absolute atomic E-state index is 12.3. The van der Waals surface area contributed by atoms with Crippen LogP contribution < -0.4 is 5.32 Å². The van der Waals surface area contributed by atoms with E-state index in [1.54, 1.807) is 30.4 Å². The highest BCUT2D eigenvalue weighted by Gasteiger charge is 2.17. The molecule has 1 amide bonds. The Balaban J connectivity index is 1.60. The molecule has 0 aliphatic rings. The van der Waals surface area contributed by atoms with E-state index in [1.807, 2.05) is 22.9 Å². The minimum Gasteiger partial charge on any atom is -0.301 e. The first kappa shape index (κ1) is 17.6. The van der Waals surface area contributed by atoms with Crippen LogP contribution in [0, 0.1) is 10.1 Å². The lowest BCUT2D eigenvalue weighted by Gasteiger charge is -2.10. The fourth-order valence-corrected chi connectivity index (χ4v) is 4.32. The monoisotopic (exact) mass is 391 g/mol. The van der Waals surface area contributed by atoms with Gasteiger partial charge in [-0.1, -0.05) is 6.07 Å². The molecular formula is C16H13N3O3S3. The number of nitro groups is 1. The molecule has 25 heavy (non-hydrogen) atoms. The lowest BCUT2D eigenvalue weighted by molar-refractivity contribution is -0.384. The number of thiazole rings is 1. The second kappa shape index (κ2) is 7.77. The zero-order chi connectivity index (χ0) is 17.8. The molecule has 2 heterocycles. The third-order valence-electron chi connectivity index (χ3n) is 3.24. The van der Waals surface area contributed by atoms with Crippen LogP contribution in [0.15, 0.2) is 52.1 Å². The topological polar surface area (TPSA) is 85.1 Å². The Kier molecular flexibility index (Phi) is 5.47. The van der Waals surface area contributed by atoms with Crippen molar-refractivity contribution >= 4 is 51.2 Å². The highest BCUT2D eigenvalue weighted by Crippen LogP contribution is 2.30. The standard InChI is InChI=1S/C16H13N3O3S3/c1-10(25-12-6-4-11(5-7-12)19(21)22)15(20)18-16-17-13(9-24-16)14-3-2-8-23-14/h2-10H,1H3,(H,17,18,20). The minimum absolute atomic E-state index is 0.0327. The largest absolute Gasteiger partial charge is 0.301 e. The molecule has 0 spiro atoms. The maximum atomic E-state index is 12.3. The number of hydrogen-bond acceptors (Lipinski definition) is 7.